The number of fused-ring (bicyclic) bond motifs is 4. The monoisotopic (exact) mass is 446 g/mol. The lowest BCUT2D eigenvalue weighted by Crippen LogP contribution is -2.40. The van der Waals surface area contributed by atoms with Crippen LogP contribution in [0.3, 0.4) is 0 Å². The van der Waals surface area contributed by atoms with Crippen LogP contribution < -0.4 is 10.5 Å². The van der Waals surface area contributed by atoms with Gasteiger partial charge in [-0.25, -0.2) is 4.98 Å². The van der Waals surface area contributed by atoms with Gasteiger partial charge in [-0.2, -0.15) is 13.2 Å². The second-order valence-corrected chi connectivity index (χ2v) is 9.06. The van der Waals surface area contributed by atoms with Crippen LogP contribution in [0.15, 0.2) is 48.5 Å². The zero-order valence-electron chi connectivity index (χ0n) is 16.6. The standard InChI is InChI=1S/C23H21F3N2O2S/c24-23(25,26)15-6-7-17-18(12-15)30-22(20-19(17)28-21(27)31-20)10-8-16(9-11-22)29-13-14-4-2-1-3-5-14/h1-7,12,16H,8-11,13H2,(H2,27,28). The number of halogens is 3. The smallest absolute Gasteiger partial charge is 0.416 e. The largest absolute Gasteiger partial charge is 0.481 e. The molecule has 162 valence electrons. The van der Waals surface area contributed by atoms with E-state index in [0.29, 0.717) is 35.8 Å². The van der Waals surface area contributed by atoms with Gasteiger partial charge in [0, 0.05) is 5.56 Å². The van der Waals surface area contributed by atoms with Gasteiger partial charge in [0.15, 0.2) is 5.13 Å². The summed E-state index contributed by atoms with van der Waals surface area (Å²) in [5.41, 5.74) is 6.86. The average molecular weight is 446 g/mol. The highest BCUT2D eigenvalue weighted by Gasteiger charge is 2.47. The molecule has 2 N–H and O–H groups in total. The van der Waals surface area contributed by atoms with E-state index in [1.165, 1.54) is 17.4 Å². The molecular weight excluding hydrogens is 425 g/mol. The number of benzene rings is 2. The van der Waals surface area contributed by atoms with Gasteiger partial charge in [0.25, 0.3) is 0 Å². The molecule has 0 atom stereocenters. The zero-order chi connectivity index (χ0) is 21.6. The first-order valence-electron chi connectivity index (χ1n) is 10.2. The second kappa shape index (κ2) is 7.53. The van der Waals surface area contributed by atoms with Crippen LogP contribution >= 0.6 is 11.3 Å². The van der Waals surface area contributed by atoms with Gasteiger partial charge in [-0.3, -0.25) is 0 Å². The average Bonchev–Trinajstić information content (AvgIpc) is 3.16. The Labute approximate surface area is 181 Å². The second-order valence-electron chi connectivity index (χ2n) is 8.03. The molecule has 0 radical (unpaired) electrons. The van der Waals surface area contributed by atoms with Crippen LogP contribution in [0.5, 0.6) is 5.75 Å². The number of hydrogen-bond donors (Lipinski definition) is 1. The fourth-order valence-corrected chi connectivity index (χ4v) is 5.44. The molecule has 1 aliphatic heterocycles. The maximum atomic E-state index is 13.3. The number of nitrogens with two attached hydrogens (primary N) is 1. The van der Waals surface area contributed by atoms with E-state index in [0.717, 1.165) is 35.4 Å². The summed E-state index contributed by atoms with van der Waals surface area (Å²) in [6, 6.07) is 13.5. The number of rotatable bonds is 3. The predicted octanol–water partition coefficient (Wildman–Crippen LogP) is 6.16. The minimum Gasteiger partial charge on any atom is -0.481 e. The van der Waals surface area contributed by atoms with Crippen molar-refractivity contribution in [1.29, 1.82) is 0 Å². The third kappa shape index (κ3) is 3.78. The molecule has 2 heterocycles. The molecule has 4 nitrogen and oxygen atoms in total. The summed E-state index contributed by atoms with van der Waals surface area (Å²) in [6.07, 6.45) is -1.59. The van der Waals surface area contributed by atoms with Crippen LogP contribution in [-0.2, 0) is 23.1 Å². The maximum absolute atomic E-state index is 13.3. The van der Waals surface area contributed by atoms with Crippen molar-refractivity contribution in [2.45, 2.75) is 50.2 Å². The van der Waals surface area contributed by atoms with Crippen molar-refractivity contribution in [3.05, 3.63) is 64.5 Å². The Bertz CT molecular complexity index is 1090. The molecule has 1 fully saturated rings. The first-order chi connectivity index (χ1) is 14.8. The summed E-state index contributed by atoms with van der Waals surface area (Å²) >= 11 is 1.36. The predicted molar refractivity (Wildman–Crippen MR) is 113 cm³/mol. The third-order valence-corrected chi connectivity index (χ3v) is 7.07. The number of hydrogen-bond acceptors (Lipinski definition) is 5. The number of alkyl halides is 3. The topological polar surface area (TPSA) is 57.4 Å². The molecule has 3 aromatic rings. The quantitative estimate of drug-likeness (QED) is 0.524. The number of anilines is 1. The van der Waals surface area contributed by atoms with E-state index < -0.39 is 17.3 Å². The molecule has 1 saturated carbocycles. The van der Waals surface area contributed by atoms with E-state index in [9.17, 15) is 13.2 Å². The lowest BCUT2D eigenvalue weighted by atomic mass is 9.79. The molecule has 0 saturated heterocycles. The van der Waals surface area contributed by atoms with Gasteiger partial charge in [-0.1, -0.05) is 41.7 Å². The molecule has 1 aliphatic carbocycles. The summed E-state index contributed by atoms with van der Waals surface area (Å²) in [6.45, 7) is 0.538. The van der Waals surface area contributed by atoms with E-state index in [4.69, 9.17) is 15.2 Å². The summed E-state index contributed by atoms with van der Waals surface area (Å²) in [5.74, 6) is 0.219. The molecule has 2 aliphatic rings. The molecule has 1 spiro atoms. The minimum absolute atomic E-state index is 0.0751. The van der Waals surface area contributed by atoms with Gasteiger partial charge < -0.3 is 15.2 Å². The Morgan fingerprint density at radius 3 is 2.58 bits per heavy atom. The lowest BCUT2D eigenvalue weighted by Gasteiger charge is -2.42. The maximum Gasteiger partial charge on any atom is 0.416 e. The van der Waals surface area contributed by atoms with Crippen LogP contribution in [0.4, 0.5) is 18.3 Å². The van der Waals surface area contributed by atoms with E-state index in [1.54, 1.807) is 0 Å². The van der Waals surface area contributed by atoms with Crippen LogP contribution in [0.2, 0.25) is 0 Å². The Balaban J connectivity index is 1.39. The van der Waals surface area contributed by atoms with Crippen molar-refractivity contribution >= 4 is 16.5 Å². The number of aromatic nitrogens is 1. The van der Waals surface area contributed by atoms with Gasteiger partial charge in [0.1, 0.15) is 11.4 Å². The minimum atomic E-state index is -4.43. The van der Waals surface area contributed by atoms with Gasteiger partial charge in [-0.05, 0) is 49.4 Å². The first kappa shape index (κ1) is 20.3. The summed E-state index contributed by atoms with van der Waals surface area (Å²) < 4.78 is 52.2. The molecule has 31 heavy (non-hydrogen) atoms. The molecule has 0 unspecified atom stereocenters. The molecule has 1 aromatic heterocycles. The first-order valence-corrected chi connectivity index (χ1v) is 11.0. The van der Waals surface area contributed by atoms with Gasteiger partial charge in [-0.15, -0.1) is 0 Å². The molecule has 5 rings (SSSR count). The Morgan fingerprint density at radius 2 is 1.87 bits per heavy atom. The van der Waals surface area contributed by atoms with E-state index in [-0.39, 0.29) is 11.9 Å². The van der Waals surface area contributed by atoms with Crippen LogP contribution in [0, 0.1) is 0 Å². The van der Waals surface area contributed by atoms with E-state index >= 15 is 0 Å². The number of nitrogens with zero attached hydrogens (tertiary/aromatic N) is 1. The fourth-order valence-electron chi connectivity index (χ4n) is 4.41. The van der Waals surface area contributed by atoms with Crippen molar-refractivity contribution in [3.63, 3.8) is 0 Å². The normalized spacial score (nSPS) is 22.6. The Morgan fingerprint density at radius 1 is 1.13 bits per heavy atom. The van der Waals surface area contributed by atoms with Crippen molar-refractivity contribution < 1.29 is 22.6 Å². The number of ether oxygens (including phenoxy) is 2. The molecule has 0 amide bonds. The molecule has 0 bridgehead atoms. The summed E-state index contributed by atoms with van der Waals surface area (Å²) in [4.78, 5) is 5.33. The zero-order valence-corrected chi connectivity index (χ0v) is 17.4. The van der Waals surface area contributed by atoms with Gasteiger partial charge in [0.2, 0.25) is 0 Å². The third-order valence-electron chi connectivity index (χ3n) is 6.00. The Hall–Kier alpha value is -2.58. The highest BCUT2D eigenvalue weighted by molar-refractivity contribution is 7.16. The summed E-state index contributed by atoms with van der Waals surface area (Å²) in [7, 11) is 0. The van der Waals surface area contributed by atoms with Crippen molar-refractivity contribution in [1.82, 2.24) is 4.98 Å². The molecule has 8 heteroatoms. The Kier molecular flexibility index (Phi) is 4.94. The van der Waals surface area contributed by atoms with Crippen LogP contribution in [0.1, 0.15) is 41.7 Å². The SMILES string of the molecule is Nc1nc2c(s1)C1(CCC(OCc3ccccc3)CC1)Oc1cc(C(F)(F)F)ccc1-2. The summed E-state index contributed by atoms with van der Waals surface area (Å²) in [5, 5.41) is 0.392. The highest BCUT2D eigenvalue weighted by atomic mass is 32.1. The highest BCUT2D eigenvalue weighted by Crippen LogP contribution is 2.54. The van der Waals surface area contributed by atoms with Crippen LogP contribution in [0.25, 0.3) is 11.3 Å². The molecular formula is C23H21F3N2O2S. The van der Waals surface area contributed by atoms with Gasteiger partial charge in [0.05, 0.1) is 28.8 Å². The number of thiazole rings is 1. The molecule has 2 aromatic carbocycles. The lowest BCUT2D eigenvalue weighted by molar-refractivity contribution is -0.137. The van der Waals surface area contributed by atoms with E-state index in [2.05, 4.69) is 4.98 Å². The van der Waals surface area contributed by atoms with Crippen LogP contribution in [-0.4, -0.2) is 11.1 Å². The van der Waals surface area contributed by atoms with Crippen molar-refractivity contribution in [2.24, 2.45) is 0 Å². The van der Waals surface area contributed by atoms with E-state index in [1.807, 2.05) is 30.3 Å². The van der Waals surface area contributed by atoms with Crippen molar-refractivity contribution in [2.75, 3.05) is 5.73 Å². The van der Waals surface area contributed by atoms with Gasteiger partial charge >= 0.3 is 6.18 Å². The number of nitrogen functional groups attached to an aromatic ring is 1. The van der Waals surface area contributed by atoms with Crippen molar-refractivity contribution in [3.8, 4) is 17.0 Å². The fraction of sp³-hybridized carbons (Fsp3) is 0.348.